The maximum atomic E-state index is 14.4. The van der Waals surface area contributed by atoms with Crippen LogP contribution in [-0.4, -0.2) is 132 Å². The first kappa shape index (κ1) is 54.2. The number of carbonyl (C=O) groups is 5. The number of piperidine rings is 1. The molecule has 1 saturated carbocycles. The number of aliphatic hydroxyl groups is 3. The Morgan fingerprint density at radius 1 is 0.846 bits per heavy atom. The van der Waals surface area contributed by atoms with Crippen molar-refractivity contribution in [1.29, 1.82) is 0 Å². The molecule has 14 nitrogen and oxygen atoms in total. The lowest BCUT2D eigenvalue weighted by Crippen LogP contribution is -2.61. The molecule has 0 radical (unpaired) electrons. The first-order valence-electron chi connectivity index (χ1n) is 23.9. The van der Waals surface area contributed by atoms with Crippen LogP contribution >= 0.6 is 0 Å². The smallest absolute Gasteiger partial charge is 0.329 e. The van der Waals surface area contributed by atoms with Crippen LogP contribution in [0.2, 0.25) is 0 Å². The number of hydrogen-bond donors (Lipinski definition) is 3. The van der Waals surface area contributed by atoms with Crippen LogP contribution in [0.25, 0.3) is 0 Å². The van der Waals surface area contributed by atoms with Gasteiger partial charge in [-0.2, -0.15) is 0 Å². The summed E-state index contributed by atoms with van der Waals surface area (Å²) in [6.07, 6.45) is 11.2. The molecule has 0 aromatic carbocycles. The highest BCUT2D eigenvalue weighted by Crippen LogP contribution is 2.38. The maximum absolute atomic E-state index is 14.4. The van der Waals surface area contributed by atoms with E-state index in [-0.39, 0.29) is 54.8 Å². The van der Waals surface area contributed by atoms with Gasteiger partial charge in [0.05, 0.1) is 24.4 Å². The molecule has 2 bridgehead atoms. The molecule has 0 spiro atoms. The van der Waals surface area contributed by atoms with Crippen molar-refractivity contribution in [2.75, 3.05) is 27.9 Å². The van der Waals surface area contributed by atoms with Crippen LogP contribution < -0.4 is 0 Å². The number of ketones is 3. The van der Waals surface area contributed by atoms with Crippen molar-refractivity contribution in [3.05, 3.63) is 47.6 Å². The van der Waals surface area contributed by atoms with Gasteiger partial charge in [-0.1, -0.05) is 71.1 Å². The van der Waals surface area contributed by atoms with E-state index < -0.39 is 83.9 Å². The first-order valence-corrected chi connectivity index (χ1v) is 23.9. The second-order valence-corrected chi connectivity index (χ2v) is 19.6. The summed E-state index contributed by atoms with van der Waals surface area (Å²) in [5.41, 5.74) is 1.27. The van der Waals surface area contributed by atoms with Crippen molar-refractivity contribution >= 4 is 29.2 Å². The van der Waals surface area contributed by atoms with Crippen LogP contribution in [0.4, 0.5) is 0 Å². The van der Waals surface area contributed by atoms with Gasteiger partial charge in [0.15, 0.2) is 5.78 Å². The highest BCUT2D eigenvalue weighted by atomic mass is 16.6. The summed E-state index contributed by atoms with van der Waals surface area (Å²) in [6.45, 7) is 12.7. The monoisotopic (exact) mass is 914 g/mol. The zero-order chi connectivity index (χ0) is 48.2. The largest absolute Gasteiger partial charge is 0.460 e. The predicted octanol–water partition coefficient (Wildman–Crippen LogP) is 6.18. The number of hydrogen-bond acceptors (Lipinski definition) is 13. The lowest BCUT2D eigenvalue weighted by molar-refractivity contribution is -0.265. The summed E-state index contributed by atoms with van der Waals surface area (Å²) in [7, 11) is 4.52. The van der Waals surface area contributed by atoms with Crippen LogP contribution in [0.15, 0.2) is 47.6 Å². The Balaban J connectivity index is 1.70. The fourth-order valence-electron chi connectivity index (χ4n) is 10.1. The Kier molecular flexibility index (Phi) is 21.0. The Bertz CT molecular complexity index is 1760. The van der Waals surface area contributed by atoms with Crippen LogP contribution in [0.1, 0.15) is 126 Å². The normalized spacial score (nSPS) is 40.4. The number of fused-ring (bicyclic) bond motifs is 3. The highest BCUT2D eigenvalue weighted by Gasteiger charge is 2.53. The third kappa shape index (κ3) is 14.3. The molecule has 3 N–H and O–H groups in total. The fraction of sp³-hybridized carbons (Fsp3) is 0.745. The average Bonchev–Trinajstić information content (AvgIpc) is 3.28. The highest BCUT2D eigenvalue weighted by molar-refractivity contribution is 6.39. The average molecular weight is 914 g/mol. The maximum Gasteiger partial charge on any atom is 0.329 e. The second-order valence-electron chi connectivity index (χ2n) is 19.6. The molecular weight excluding hydrogens is 835 g/mol. The third-order valence-electron chi connectivity index (χ3n) is 14.5. The van der Waals surface area contributed by atoms with Gasteiger partial charge in [-0.15, -0.1) is 0 Å². The van der Waals surface area contributed by atoms with Crippen molar-refractivity contribution in [1.82, 2.24) is 4.90 Å². The van der Waals surface area contributed by atoms with E-state index in [1.54, 1.807) is 41.1 Å². The number of rotatable bonds is 6. The van der Waals surface area contributed by atoms with E-state index in [2.05, 4.69) is 0 Å². The van der Waals surface area contributed by atoms with Gasteiger partial charge in [-0.3, -0.25) is 19.2 Å². The van der Waals surface area contributed by atoms with E-state index >= 15 is 0 Å². The van der Waals surface area contributed by atoms with Gasteiger partial charge in [0.2, 0.25) is 5.79 Å². The van der Waals surface area contributed by atoms with Crippen LogP contribution in [0.3, 0.4) is 0 Å². The van der Waals surface area contributed by atoms with Gasteiger partial charge >= 0.3 is 5.97 Å². The Morgan fingerprint density at radius 3 is 2.25 bits per heavy atom. The molecule has 15 atom stereocenters. The van der Waals surface area contributed by atoms with Gasteiger partial charge in [0, 0.05) is 58.5 Å². The first-order chi connectivity index (χ1) is 30.7. The summed E-state index contributed by atoms with van der Waals surface area (Å²) < 4.78 is 29.4. The van der Waals surface area contributed by atoms with E-state index in [9.17, 15) is 39.3 Å². The van der Waals surface area contributed by atoms with Crippen LogP contribution in [-0.2, 0) is 47.7 Å². The van der Waals surface area contributed by atoms with Crippen LogP contribution in [0.5, 0.6) is 0 Å². The molecule has 1 aliphatic carbocycles. The van der Waals surface area contributed by atoms with Crippen LogP contribution in [0, 0.1) is 35.5 Å². The molecule has 4 rings (SSSR count). The number of nitrogens with zero attached hydrogens (tertiary/aromatic N) is 1. The minimum atomic E-state index is -2.43. The number of esters is 1. The molecule has 366 valence electrons. The fourth-order valence-corrected chi connectivity index (χ4v) is 10.1. The number of carbonyl (C=O) groups excluding carboxylic acids is 5. The van der Waals surface area contributed by atoms with E-state index in [0.29, 0.717) is 63.4 Å². The molecular formula is C51H79NO13. The number of methoxy groups -OCH3 is 3. The number of aliphatic hydroxyl groups excluding tert-OH is 2. The summed E-state index contributed by atoms with van der Waals surface area (Å²) in [4.78, 5) is 71.8. The SMILES string of the molecule is CO[C@@H]1C(=O)[C@@H](C)C[C@H](C)/C=C/C=C/C=C(/C)[C@H](OC)C[C@H]2CC[C@H](C)[C@@](O)(O2)C(=O)C(=O)N2CCCC[C@@H]2C(=O)O[C@H]([C@H](C)C[C@@H]2CC[C@H](O)[C@H](OC)C2)CC(=O)[C@H](C)/C=C(\C)[C@@H]1O. The van der Waals surface area contributed by atoms with Gasteiger partial charge in [-0.05, 0) is 107 Å². The summed E-state index contributed by atoms with van der Waals surface area (Å²) in [5.74, 6) is -7.96. The van der Waals surface area contributed by atoms with Crippen molar-refractivity contribution in [2.45, 2.75) is 180 Å². The minimum absolute atomic E-state index is 0.0193. The standard InChI is InChI=1S/C51H79NO13/c1-30-16-12-11-13-17-31(2)42(61-8)28-38-21-19-36(7)51(60,65-38)48(57)49(58)52-23-15-14-18-39(52)50(59)64-43(33(4)26-37-20-22-40(53)44(27-37)62-9)29-41(54)32(3)25-35(6)46(56)47(63-10)45(55)34(5)24-30/h11-13,16-17,25,30,32-34,36-40,42-44,46-47,53,56,60H,14-15,18-24,26-29H2,1-10H3/b13-11+,16-12+,31-17-,35-25+/t30-,32-,33-,34+,36+,37+,38-,39-,40+,42-,43+,44-,46+,47-,51-/m1/s1. The van der Waals surface area contributed by atoms with E-state index in [4.69, 9.17) is 23.7 Å². The lowest BCUT2D eigenvalue weighted by atomic mass is 9.78. The summed E-state index contributed by atoms with van der Waals surface area (Å²) >= 11 is 0. The molecule has 1 amide bonds. The predicted molar refractivity (Wildman–Crippen MR) is 245 cm³/mol. The molecule has 0 unspecified atom stereocenters. The third-order valence-corrected chi connectivity index (χ3v) is 14.5. The molecule has 3 heterocycles. The number of Topliss-reactive ketones (excluding diaryl/α,β-unsaturated/α-hetero) is 3. The molecule has 3 fully saturated rings. The molecule has 14 heteroatoms. The van der Waals surface area contributed by atoms with Crippen molar-refractivity contribution < 1.29 is 63.0 Å². The second kappa shape index (κ2) is 25.1. The Hall–Kier alpha value is -3.37. The molecule has 4 aliphatic rings. The minimum Gasteiger partial charge on any atom is -0.460 e. The van der Waals surface area contributed by atoms with Gasteiger partial charge < -0.3 is 43.9 Å². The zero-order valence-corrected chi connectivity index (χ0v) is 40.6. The number of cyclic esters (lactones) is 1. The molecule has 0 aromatic heterocycles. The van der Waals surface area contributed by atoms with Gasteiger partial charge in [0.25, 0.3) is 11.7 Å². The van der Waals surface area contributed by atoms with Crippen molar-refractivity contribution in [3.8, 4) is 0 Å². The Labute approximate surface area is 387 Å². The van der Waals surface area contributed by atoms with E-state index in [0.717, 1.165) is 12.0 Å². The van der Waals surface area contributed by atoms with E-state index in [1.165, 1.54) is 12.0 Å². The van der Waals surface area contributed by atoms with E-state index in [1.807, 2.05) is 58.1 Å². The summed E-state index contributed by atoms with van der Waals surface area (Å²) in [5, 5.41) is 33.8. The van der Waals surface area contributed by atoms with Crippen molar-refractivity contribution in [3.63, 3.8) is 0 Å². The van der Waals surface area contributed by atoms with Gasteiger partial charge in [-0.25, -0.2) is 4.79 Å². The molecule has 2 saturated heterocycles. The number of allylic oxidation sites excluding steroid dienone is 6. The lowest BCUT2D eigenvalue weighted by Gasteiger charge is -2.42. The van der Waals surface area contributed by atoms with Gasteiger partial charge in [0.1, 0.15) is 30.1 Å². The van der Waals surface area contributed by atoms with Crippen molar-refractivity contribution in [2.24, 2.45) is 35.5 Å². The number of amides is 1. The molecule has 0 aromatic rings. The quantitative estimate of drug-likeness (QED) is 0.156. The zero-order valence-electron chi connectivity index (χ0n) is 40.6. The topological polar surface area (TPSA) is 195 Å². The number of ether oxygens (including phenoxy) is 5. The Morgan fingerprint density at radius 2 is 1.57 bits per heavy atom. The molecule has 65 heavy (non-hydrogen) atoms. The summed E-state index contributed by atoms with van der Waals surface area (Å²) in [6, 6.07) is -1.14. The molecule has 3 aliphatic heterocycles.